The SMILES string of the molecule is CCNC(c1ccc(F)c(F)c1F)C1CN(CC)CCO1. The highest BCUT2D eigenvalue weighted by molar-refractivity contribution is 5.25. The number of rotatable bonds is 5. The Kier molecular flexibility index (Phi) is 5.61. The van der Waals surface area contributed by atoms with Gasteiger partial charge in [0.05, 0.1) is 18.8 Å². The molecule has 0 spiro atoms. The van der Waals surface area contributed by atoms with Crippen LogP contribution >= 0.6 is 0 Å². The van der Waals surface area contributed by atoms with E-state index in [1.54, 1.807) is 0 Å². The molecule has 3 nitrogen and oxygen atoms in total. The van der Waals surface area contributed by atoms with E-state index in [4.69, 9.17) is 4.74 Å². The maximum atomic E-state index is 14.0. The van der Waals surface area contributed by atoms with Gasteiger partial charge in [-0.2, -0.15) is 0 Å². The minimum Gasteiger partial charge on any atom is -0.374 e. The van der Waals surface area contributed by atoms with Crippen molar-refractivity contribution in [2.45, 2.75) is 26.0 Å². The van der Waals surface area contributed by atoms with E-state index in [-0.39, 0.29) is 11.7 Å². The molecular formula is C15H21F3N2O. The number of benzene rings is 1. The quantitative estimate of drug-likeness (QED) is 0.846. The molecule has 0 radical (unpaired) electrons. The molecule has 0 saturated carbocycles. The van der Waals surface area contributed by atoms with Crippen LogP contribution in [-0.4, -0.2) is 43.8 Å². The van der Waals surface area contributed by atoms with Crippen LogP contribution in [0.4, 0.5) is 13.2 Å². The predicted molar refractivity (Wildman–Crippen MR) is 74.6 cm³/mol. The molecule has 0 aromatic heterocycles. The van der Waals surface area contributed by atoms with Crippen LogP contribution in [-0.2, 0) is 4.74 Å². The van der Waals surface area contributed by atoms with Crippen LogP contribution in [0.2, 0.25) is 0 Å². The standard InChI is InChI=1S/C15H21F3N2O/c1-3-19-15(12-9-20(4-2)7-8-21-12)10-5-6-11(16)14(18)13(10)17/h5-6,12,15,19H,3-4,7-9H2,1-2H3. The highest BCUT2D eigenvalue weighted by atomic mass is 19.2. The minimum absolute atomic E-state index is 0.110. The van der Waals surface area contributed by atoms with Gasteiger partial charge in [-0.25, -0.2) is 13.2 Å². The molecule has 2 atom stereocenters. The molecule has 0 bridgehead atoms. The molecule has 1 aliphatic rings. The van der Waals surface area contributed by atoms with Crippen LogP contribution < -0.4 is 5.32 Å². The van der Waals surface area contributed by atoms with E-state index in [0.29, 0.717) is 19.7 Å². The van der Waals surface area contributed by atoms with Gasteiger partial charge >= 0.3 is 0 Å². The molecule has 1 aromatic rings. The molecule has 0 aliphatic carbocycles. The summed E-state index contributed by atoms with van der Waals surface area (Å²) in [6.07, 6.45) is -0.294. The second kappa shape index (κ2) is 7.24. The lowest BCUT2D eigenvalue weighted by molar-refractivity contribution is -0.0459. The first-order valence-corrected chi connectivity index (χ1v) is 7.29. The van der Waals surface area contributed by atoms with Gasteiger partial charge in [-0.15, -0.1) is 0 Å². The van der Waals surface area contributed by atoms with E-state index >= 15 is 0 Å². The van der Waals surface area contributed by atoms with Crippen molar-refractivity contribution in [2.24, 2.45) is 0 Å². The van der Waals surface area contributed by atoms with Gasteiger partial charge in [-0.3, -0.25) is 4.90 Å². The third-order valence-electron chi connectivity index (χ3n) is 3.82. The molecular weight excluding hydrogens is 281 g/mol. The number of hydrogen-bond donors (Lipinski definition) is 1. The number of nitrogens with zero attached hydrogens (tertiary/aromatic N) is 1. The van der Waals surface area contributed by atoms with Gasteiger partial charge in [0.25, 0.3) is 0 Å². The average Bonchev–Trinajstić information content (AvgIpc) is 2.51. The third kappa shape index (κ3) is 3.56. The summed E-state index contributed by atoms with van der Waals surface area (Å²) in [4.78, 5) is 2.19. The molecule has 1 fully saturated rings. The zero-order chi connectivity index (χ0) is 15.4. The molecule has 2 unspecified atom stereocenters. The summed E-state index contributed by atoms with van der Waals surface area (Å²) in [6, 6.07) is 1.74. The van der Waals surface area contributed by atoms with Crippen molar-refractivity contribution >= 4 is 0 Å². The fraction of sp³-hybridized carbons (Fsp3) is 0.600. The van der Waals surface area contributed by atoms with Gasteiger partial charge in [0.2, 0.25) is 0 Å². The fourth-order valence-electron chi connectivity index (χ4n) is 2.66. The first kappa shape index (κ1) is 16.3. The Morgan fingerprint density at radius 1 is 1.29 bits per heavy atom. The molecule has 2 rings (SSSR count). The van der Waals surface area contributed by atoms with Crippen LogP contribution in [0.3, 0.4) is 0 Å². The van der Waals surface area contributed by atoms with E-state index in [1.807, 2.05) is 13.8 Å². The van der Waals surface area contributed by atoms with Crippen molar-refractivity contribution < 1.29 is 17.9 Å². The largest absolute Gasteiger partial charge is 0.374 e. The number of nitrogens with one attached hydrogen (secondary N) is 1. The second-order valence-electron chi connectivity index (χ2n) is 5.10. The highest BCUT2D eigenvalue weighted by Crippen LogP contribution is 2.27. The normalized spacial score (nSPS) is 21.5. The van der Waals surface area contributed by atoms with Crippen molar-refractivity contribution in [3.05, 3.63) is 35.1 Å². The van der Waals surface area contributed by atoms with E-state index in [1.165, 1.54) is 6.07 Å². The lowest BCUT2D eigenvalue weighted by Crippen LogP contribution is -2.48. The Bertz CT molecular complexity index is 484. The average molecular weight is 302 g/mol. The van der Waals surface area contributed by atoms with Gasteiger partial charge in [0, 0.05) is 18.7 Å². The van der Waals surface area contributed by atoms with Crippen molar-refractivity contribution in [2.75, 3.05) is 32.8 Å². The predicted octanol–water partition coefficient (Wildman–Crippen LogP) is 2.48. The van der Waals surface area contributed by atoms with E-state index in [2.05, 4.69) is 10.2 Å². The zero-order valence-corrected chi connectivity index (χ0v) is 12.3. The van der Waals surface area contributed by atoms with Gasteiger partial charge in [0.15, 0.2) is 17.5 Å². The molecule has 1 N–H and O–H groups in total. The van der Waals surface area contributed by atoms with Crippen molar-refractivity contribution in [1.29, 1.82) is 0 Å². The summed E-state index contributed by atoms with van der Waals surface area (Å²) in [5.41, 5.74) is 0.110. The Labute approximate surface area is 123 Å². The zero-order valence-electron chi connectivity index (χ0n) is 12.3. The second-order valence-corrected chi connectivity index (χ2v) is 5.10. The number of morpholine rings is 1. The summed E-state index contributed by atoms with van der Waals surface area (Å²) >= 11 is 0. The maximum Gasteiger partial charge on any atom is 0.194 e. The summed E-state index contributed by atoms with van der Waals surface area (Å²) in [6.45, 7) is 7.38. The Morgan fingerprint density at radius 3 is 2.71 bits per heavy atom. The van der Waals surface area contributed by atoms with Crippen molar-refractivity contribution in [3.63, 3.8) is 0 Å². The number of ether oxygens (including phenoxy) is 1. The molecule has 0 amide bonds. The van der Waals surface area contributed by atoms with Gasteiger partial charge < -0.3 is 10.1 Å². The fourth-order valence-corrected chi connectivity index (χ4v) is 2.66. The smallest absolute Gasteiger partial charge is 0.194 e. The molecule has 1 aromatic carbocycles. The minimum atomic E-state index is -1.43. The van der Waals surface area contributed by atoms with Crippen molar-refractivity contribution in [1.82, 2.24) is 10.2 Å². The first-order valence-electron chi connectivity index (χ1n) is 7.29. The van der Waals surface area contributed by atoms with E-state index in [0.717, 1.165) is 19.2 Å². The van der Waals surface area contributed by atoms with Gasteiger partial charge in [0.1, 0.15) is 0 Å². The topological polar surface area (TPSA) is 24.5 Å². The molecule has 1 aliphatic heterocycles. The van der Waals surface area contributed by atoms with Crippen LogP contribution in [0.15, 0.2) is 12.1 Å². The lowest BCUT2D eigenvalue weighted by Gasteiger charge is -2.37. The highest BCUT2D eigenvalue weighted by Gasteiger charge is 2.31. The lowest BCUT2D eigenvalue weighted by atomic mass is 9.98. The van der Waals surface area contributed by atoms with Gasteiger partial charge in [-0.1, -0.05) is 19.9 Å². The molecule has 118 valence electrons. The molecule has 6 heteroatoms. The van der Waals surface area contributed by atoms with Gasteiger partial charge in [-0.05, 0) is 19.2 Å². The summed E-state index contributed by atoms with van der Waals surface area (Å²) < 4.78 is 46.3. The summed E-state index contributed by atoms with van der Waals surface area (Å²) in [5, 5.41) is 3.12. The molecule has 1 heterocycles. The third-order valence-corrected chi connectivity index (χ3v) is 3.82. The van der Waals surface area contributed by atoms with E-state index in [9.17, 15) is 13.2 Å². The monoisotopic (exact) mass is 302 g/mol. The van der Waals surface area contributed by atoms with Crippen LogP contribution in [0.5, 0.6) is 0 Å². The Hall–Kier alpha value is -1.11. The number of hydrogen-bond acceptors (Lipinski definition) is 3. The Morgan fingerprint density at radius 2 is 2.05 bits per heavy atom. The van der Waals surface area contributed by atoms with Crippen LogP contribution in [0.25, 0.3) is 0 Å². The van der Waals surface area contributed by atoms with Crippen LogP contribution in [0, 0.1) is 17.5 Å². The molecule has 1 saturated heterocycles. The summed E-state index contributed by atoms with van der Waals surface area (Å²) in [7, 11) is 0. The van der Waals surface area contributed by atoms with Crippen molar-refractivity contribution in [3.8, 4) is 0 Å². The number of halogens is 3. The summed E-state index contributed by atoms with van der Waals surface area (Å²) in [5.74, 6) is -3.75. The first-order chi connectivity index (χ1) is 10.1. The molecule has 21 heavy (non-hydrogen) atoms. The van der Waals surface area contributed by atoms with Crippen LogP contribution in [0.1, 0.15) is 25.5 Å². The Balaban J connectivity index is 2.28. The number of likely N-dealkylation sites (N-methyl/N-ethyl adjacent to an activating group) is 2. The van der Waals surface area contributed by atoms with E-state index < -0.39 is 23.5 Å². The maximum absolute atomic E-state index is 14.0.